The maximum Gasteiger partial charge on any atom is 0.408 e. The van der Waals surface area contributed by atoms with Crippen LogP contribution in [-0.4, -0.2) is 60.1 Å². The Balaban J connectivity index is 1.36. The minimum Gasteiger partial charge on any atom is -0.444 e. The number of aliphatic hydroxyl groups excluding tert-OH is 1. The van der Waals surface area contributed by atoms with Crippen molar-refractivity contribution in [1.82, 2.24) is 35.4 Å². The number of aliphatic hydroxyl groups is 1. The molecule has 12 nitrogen and oxygen atoms in total. The zero-order valence-electron chi connectivity index (χ0n) is 26.1. The molecule has 0 spiro atoms. The van der Waals surface area contributed by atoms with Crippen LogP contribution in [-0.2, 0) is 23.2 Å². The molecule has 13 heteroatoms. The van der Waals surface area contributed by atoms with E-state index in [9.17, 15) is 14.7 Å². The van der Waals surface area contributed by atoms with E-state index >= 15 is 0 Å². The van der Waals surface area contributed by atoms with Gasteiger partial charge >= 0.3 is 6.09 Å². The highest BCUT2D eigenvalue weighted by Crippen LogP contribution is 2.27. The molecule has 4 N–H and O–H groups in total. The second-order valence-electron chi connectivity index (χ2n) is 12.5. The molecule has 44 heavy (non-hydrogen) atoms. The average molecular weight is 621 g/mol. The van der Waals surface area contributed by atoms with E-state index in [1.807, 2.05) is 31.2 Å². The Labute approximate surface area is 261 Å². The maximum absolute atomic E-state index is 12.7. The topological polar surface area (TPSA) is 156 Å². The molecule has 0 saturated heterocycles. The Morgan fingerprint density at radius 3 is 2.52 bits per heavy atom. The Morgan fingerprint density at radius 1 is 1.09 bits per heavy atom. The lowest BCUT2D eigenvalue weighted by atomic mass is 9.98. The molecule has 1 aromatic carbocycles. The number of hydrogen-bond donors (Lipinski definition) is 4. The van der Waals surface area contributed by atoms with Gasteiger partial charge in [0.15, 0.2) is 0 Å². The van der Waals surface area contributed by atoms with Crippen LogP contribution in [0.4, 0.5) is 16.4 Å². The van der Waals surface area contributed by atoms with Gasteiger partial charge in [-0.3, -0.25) is 9.48 Å². The van der Waals surface area contributed by atoms with Crippen molar-refractivity contribution in [3.63, 3.8) is 0 Å². The number of amides is 2. The monoisotopic (exact) mass is 620 g/mol. The number of aromatic nitrogens is 5. The van der Waals surface area contributed by atoms with Gasteiger partial charge < -0.3 is 25.8 Å². The summed E-state index contributed by atoms with van der Waals surface area (Å²) in [4.78, 5) is 38.8. The summed E-state index contributed by atoms with van der Waals surface area (Å²) >= 11 is 1.42. The van der Waals surface area contributed by atoms with Gasteiger partial charge in [0.2, 0.25) is 5.95 Å². The standard InChI is InChI=1S/C31H40N8O4S/c1-19-12-20(8-9-21(19)13-33-26(41)25-15-34-27(44-25)30(2,3)4)24-10-11-32-28(38-24)36-22-14-35-39(16-22)17-23(18-40)37-29(42)43-31(5,6)7/h8-12,14-16,23,40H,13,17-18H2,1-7H3,(H,33,41)(H,37,42)(H,32,36,38). The van der Waals surface area contributed by atoms with E-state index in [2.05, 4.69) is 56.8 Å². The second kappa shape index (κ2) is 13.5. The first-order chi connectivity index (χ1) is 20.7. The quantitative estimate of drug-likeness (QED) is 0.192. The number of thiazole rings is 1. The molecule has 3 aromatic heterocycles. The number of alkyl carbamates (subject to hydrolysis) is 1. The highest BCUT2D eigenvalue weighted by Gasteiger charge is 2.21. The van der Waals surface area contributed by atoms with Crippen LogP contribution in [0.5, 0.6) is 0 Å². The molecule has 0 bridgehead atoms. The Kier molecular flexibility index (Phi) is 10.00. The highest BCUT2D eigenvalue weighted by molar-refractivity contribution is 7.13. The average Bonchev–Trinajstić information content (AvgIpc) is 3.61. The number of carbonyl (C=O) groups excluding carboxylic acids is 2. The summed E-state index contributed by atoms with van der Waals surface area (Å²) in [6, 6.07) is 7.24. The van der Waals surface area contributed by atoms with Gasteiger partial charge in [0.25, 0.3) is 5.91 Å². The molecule has 1 atom stereocenters. The summed E-state index contributed by atoms with van der Waals surface area (Å²) in [7, 11) is 0. The smallest absolute Gasteiger partial charge is 0.408 e. The largest absolute Gasteiger partial charge is 0.444 e. The molecule has 0 aliphatic carbocycles. The summed E-state index contributed by atoms with van der Waals surface area (Å²) in [5.41, 5.74) is 3.58. The van der Waals surface area contributed by atoms with E-state index in [1.54, 1.807) is 50.2 Å². The molecule has 234 valence electrons. The molecule has 3 heterocycles. The SMILES string of the molecule is Cc1cc(-c2ccnc(Nc3cnn(CC(CO)NC(=O)OC(C)(C)C)c3)n2)ccc1CNC(=O)c1cnc(C(C)(C)C)s1. The van der Waals surface area contributed by atoms with Crippen molar-refractivity contribution in [3.8, 4) is 11.3 Å². The molecular weight excluding hydrogens is 580 g/mol. The summed E-state index contributed by atoms with van der Waals surface area (Å²) in [5.74, 6) is 0.253. The molecule has 0 aliphatic rings. The Morgan fingerprint density at radius 2 is 1.86 bits per heavy atom. The van der Waals surface area contributed by atoms with Crippen molar-refractivity contribution < 1.29 is 19.4 Å². The van der Waals surface area contributed by atoms with Crippen molar-refractivity contribution in [1.29, 1.82) is 0 Å². The third-order valence-corrected chi connectivity index (χ3v) is 7.76. The van der Waals surface area contributed by atoms with Crippen LogP contribution in [0.2, 0.25) is 0 Å². The lowest BCUT2D eigenvalue weighted by Crippen LogP contribution is -2.43. The van der Waals surface area contributed by atoms with Gasteiger partial charge in [0, 0.05) is 29.9 Å². The first-order valence-electron chi connectivity index (χ1n) is 14.3. The molecule has 4 aromatic rings. The van der Waals surface area contributed by atoms with E-state index < -0.39 is 17.7 Å². The Hall–Kier alpha value is -4.36. The predicted octanol–water partition coefficient (Wildman–Crippen LogP) is 4.96. The lowest BCUT2D eigenvalue weighted by Gasteiger charge is -2.22. The molecule has 2 amide bonds. The predicted molar refractivity (Wildman–Crippen MR) is 170 cm³/mol. The number of anilines is 2. The summed E-state index contributed by atoms with van der Waals surface area (Å²) < 4.78 is 6.86. The fourth-order valence-electron chi connectivity index (χ4n) is 4.13. The third-order valence-electron chi connectivity index (χ3n) is 6.34. The van der Waals surface area contributed by atoms with Crippen LogP contribution in [0.15, 0.2) is 49.1 Å². The Bertz CT molecular complexity index is 1600. The summed E-state index contributed by atoms with van der Waals surface area (Å²) in [6.07, 6.45) is 6.05. The minimum absolute atomic E-state index is 0.0971. The van der Waals surface area contributed by atoms with Crippen LogP contribution in [0.25, 0.3) is 11.3 Å². The van der Waals surface area contributed by atoms with Crippen molar-refractivity contribution in [2.45, 2.75) is 78.6 Å². The fourth-order valence-corrected chi connectivity index (χ4v) is 5.02. The van der Waals surface area contributed by atoms with Crippen LogP contribution in [0.3, 0.4) is 0 Å². The van der Waals surface area contributed by atoms with Crippen molar-refractivity contribution in [2.24, 2.45) is 0 Å². The second-order valence-corrected chi connectivity index (χ2v) is 13.5. The number of ether oxygens (including phenoxy) is 1. The van der Waals surface area contributed by atoms with Crippen molar-refractivity contribution >= 4 is 35.0 Å². The number of carbonyl (C=O) groups is 2. The molecule has 4 rings (SSSR count). The lowest BCUT2D eigenvalue weighted by molar-refractivity contribution is 0.0474. The van der Waals surface area contributed by atoms with E-state index in [0.29, 0.717) is 23.1 Å². The van der Waals surface area contributed by atoms with Crippen molar-refractivity contribution in [3.05, 3.63) is 70.1 Å². The van der Waals surface area contributed by atoms with Gasteiger partial charge in [-0.15, -0.1) is 11.3 Å². The highest BCUT2D eigenvalue weighted by atomic mass is 32.1. The number of hydrogen-bond acceptors (Lipinski definition) is 10. The molecule has 0 fully saturated rings. The van der Waals surface area contributed by atoms with Crippen LogP contribution >= 0.6 is 11.3 Å². The zero-order chi connectivity index (χ0) is 32.1. The minimum atomic E-state index is -0.640. The van der Waals surface area contributed by atoms with E-state index in [-0.39, 0.29) is 24.5 Å². The number of rotatable bonds is 10. The molecule has 0 saturated carbocycles. The van der Waals surface area contributed by atoms with Gasteiger partial charge in [0.05, 0.1) is 48.0 Å². The molecule has 0 aliphatic heterocycles. The van der Waals surface area contributed by atoms with Gasteiger partial charge in [-0.25, -0.2) is 19.7 Å². The normalized spacial score (nSPS) is 12.5. The first kappa shape index (κ1) is 32.6. The summed E-state index contributed by atoms with van der Waals surface area (Å²) in [6.45, 7) is 13.9. The maximum atomic E-state index is 12.7. The fraction of sp³-hybridized carbons (Fsp3) is 0.419. The van der Waals surface area contributed by atoms with Gasteiger partial charge in [-0.2, -0.15) is 5.10 Å². The van der Waals surface area contributed by atoms with Crippen LogP contribution in [0, 0.1) is 6.92 Å². The van der Waals surface area contributed by atoms with E-state index in [0.717, 1.165) is 27.4 Å². The number of nitrogens with zero attached hydrogens (tertiary/aromatic N) is 5. The molecular formula is C31H40N8O4S. The van der Waals surface area contributed by atoms with Gasteiger partial charge in [0.1, 0.15) is 10.5 Å². The number of nitrogens with one attached hydrogen (secondary N) is 3. The van der Waals surface area contributed by atoms with Crippen LogP contribution in [0.1, 0.15) is 67.3 Å². The van der Waals surface area contributed by atoms with Gasteiger partial charge in [-0.05, 0) is 51.0 Å². The first-order valence-corrected chi connectivity index (χ1v) is 15.1. The summed E-state index contributed by atoms with van der Waals surface area (Å²) in [5, 5.41) is 23.7. The third kappa shape index (κ3) is 9.07. The number of benzene rings is 1. The molecule has 0 radical (unpaired) electrons. The molecule has 1 unspecified atom stereocenters. The van der Waals surface area contributed by atoms with E-state index in [4.69, 9.17) is 4.74 Å². The number of aryl methyl sites for hydroxylation is 1. The van der Waals surface area contributed by atoms with E-state index in [1.165, 1.54) is 11.3 Å². The van der Waals surface area contributed by atoms with Crippen LogP contribution < -0.4 is 16.0 Å². The zero-order valence-corrected chi connectivity index (χ0v) is 27.0. The van der Waals surface area contributed by atoms with Crippen molar-refractivity contribution in [2.75, 3.05) is 11.9 Å². The van der Waals surface area contributed by atoms with Gasteiger partial charge in [-0.1, -0.05) is 32.9 Å².